The van der Waals surface area contributed by atoms with Crippen LogP contribution >= 0.6 is 11.6 Å². The molecule has 0 unspecified atom stereocenters. The number of rotatable bonds is 4. The Hall–Kier alpha value is -2.07. The molecule has 2 aromatic rings. The Kier molecular flexibility index (Phi) is 4.81. The molecule has 0 aliphatic carbocycles. The maximum absolute atomic E-state index is 11.8. The lowest BCUT2D eigenvalue weighted by Gasteiger charge is -2.11. The number of halogens is 1. The zero-order valence-corrected chi connectivity index (χ0v) is 13.0. The van der Waals surface area contributed by atoms with Gasteiger partial charge in [-0.2, -0.15) is 0 Å². The zero-order chi connectivity index (χ0) is 15.4. The summed E-state index contributed by atoms with van der Waals surface area (Å²) in [5.74, 6) is -0.171. The molecular formula is C16H18ClN3O. The normalized spacial score (nSPS) is 10.5. The van der Waals surface area contributed by atoms with Crippen LogP contribution in [0.3, 0.4) is 0 Å². The van der Waals surface area contributed by atoms with E-state index >= 15 is 0 Å². The molecule has 0 aliphatic rings. The van der Waals surface area contributed by atoms with Crippen LogP contribution in [-0.2, 0) is 0 Å². The van der Waals surface area contributed by atoms with Gasteiger partial charge in [-0.05, 0) is 50.6 Å². The Morgan fingerprint density at radius 1 is 1.24 bits per heavy atom. The first-order chi connectivity index (χ1) is 9.97. The highest BCUT2D eigenvalue weighted by molar-refractivity contribution is 6.31. The molecule has 0 spiro atoms. The minimum absolute atomic E-state index is 0.0891. The molecule has 0 aliphatic heterocycles. The number of nitrogens with one attached hydrogen (secondary N) is 2. The molecule has 0 fully saturated rings. The molecule has 4 nitrogen and oxygen atoms in total. The molecule has 0 radical (unpaired) electrons. The summed E-state index contributed by atoms with van der Waals surface area (Å²) in [6, 6.07) is 9.28. The average molecular weight is 304 g/mol. The summed E-state index contributed by atoms with van der Waals surface area (Å²) >= 11 is 6.09. The summed E-state index contributed by atoms with van der Waals surface area (Å²) in [5, 5.41) is 6.76. The lowest BCUT2D eigenvalue weighted by Crippen LogP contribution is -2.30. The molecule has 0 bridgehead atoms. The van der Waals surface area contributed by atoms with Gasteiger partial charge in [0.25, 0.3) is 5.91 Å². The Bertz CT molecular complexity index is 638. The van der Waals surface area contributed by atoms with Gasteiger partial charge in [-0.3, -0.25) is 4.79 Å². The van der Waals surface area contributed by atoms with Crippen LogP contribution in [-0.4, -0.2) is 16.9 Å². The quantitative estimate of drug-likeness (QED) is 0.900. The van der Waals surface area contributed by atoms with Crippen molar-refractivity contribution in [3.8, 4) is 0 Å². The molecule has 0 atom stereocenters. The second kappa shape index (κ2) is 6.59. The number of hydrogen-bond donors (Lipinski definition) is 2. The summed E-state index contributed by atoms with van der Waals surface area (Å²) in [4.78, 5) is 16.0. The maximum Gasteiger partial charge on any atom is 0.270 e. The highest BCUT2D eigenvalue weighted by Gasteiger charge is 2.08. The van der Waals surface area contributed by atoms with Crippen molar-refractivity contribution < 1.29 is 4.79 Å². The van der Waals surface area contributed by atoms with Gasteiger partial charge in [0.2, 0.25) is 0 Å². The first-order valence-electron chi connectivity index (χ1n) is 6.76. The summed E-state index contributed by atoms with van der Waals surface area (Å²) < 4.78 is 0. The van der Waals surface area contributed by atoms with Crippen LogP contribution in [0.1, 0.15) is 29.9 Å². The molecule has 5 heteroatoms. The van der Waals surface area contributed by atoms with E-state index in [4.69, 9.17) is 11.6 Å². The highest BCUT2D eigenvalue weighted by atomic mass is 35.5. The highest BCUT2D eigenvalue weighted by Crippen LogP contribution is 2.25. The van der Waals surface area contributed by atoms with Gasteiger partial charge in [0, 0.05) is 16.8 Å². The van der Waals surface area contributed by atoms with Crippen LogP contribution < -0.4 is 10.6 Å². The van der Waals surface area contributed by atoms with Crippen molar-refractivity contribution in [2.45, 2.75) is 26.8 Å². The first-order valence-corrected chi connectivity index (χ1v) is 7.14. The van der Waals surface area contributed by atoms with Crippen LogP contribution in [0.15, 0.2) is 36.5 Å². The van der Waals surface area contributed by atoms with Gasteiger partial charge in [-0.1, -0.05) is 17.7 Å². The number of amides is 1. The summed E-state index contributed by atoms with van der Waals surface area (Å²) in [7, 11) is 0. The van der Waals surface area contributed by atoms with Crippen molar-refractivity contribution in [2.75, 3.05) is 5.32 Å². The third kappa shape index (κ3) is 3.95. The van der Waals surface area contributed by atoms with E-state index in [9.17, 15) is 4.79 Å². The van der Waals surface area contributed by atoms with Crippen molar-refractivity contribution in [1.29, 1.82) is 0 Å². The number of carbonyl (C=O) groups excluding carboxylic acids is 1. The first kappa shape index (κ1) is 15.3. The fraction of sp³-hybridized carbons (Fsp3) is 0.250. The molecule has 2 rings (SSSR count). The third-order valence-corrected chi connectivity index (χ3v) is 3.37. The zero-order valence-electron chi connectivity index (χ0n) is 12.3. The van der Waals surface area contributed by atoms with Crippen LogP contribution in [0.4, 0.5) is 11.4 Å². The fourth-order valence-corrected chi connectivity index (χ4v) is 2.01. The van der Waals surface area contributed by atoms with E-state index < -0.39 is 0 Å². The van der Waals surface area contributed by atoms with Crippen LogP contribution in [0.5, 0.6) is 0 Å². The van der Waals surface area contributed by atoms with E-state index in [0.717, 1.165) is 16.9 Å². The monoisotopic (exact) mass is 303 g/mol. The molecule has 0 saturated heterocycles. The van der Waals surface area contributed by atoms with Crippen LogP contribution in [0.2, 0.25) is 5.02 Å². The number of benzene rings is 1. The van der Waals surface area contributed by atoms with Gasteiger partial charge in [-0.15, -0.1) is 0 Å². The maximum atomic E-state index is 11.8. The van der Waals surface area contributed by atoms with Gasteiger partial charge >= 0.3 is 0 Å². The largest absolute Gasteiger partial charge is 0.354 e. The molecule has 110 valence electrons. The number of nitrogens with zero attached hydrogens (tertiary/aromatic N) is 1. The lowest BCUT2D eigenvalue weighted by molar-refractivity contribution is 0.0938. The molecule has 1 amide bonds. The smallest absolute Gasteiger partial charge is 0.270 e. The lowest BCUT2D eigenvalue weighted by atomic mass is 10.2. The predicted octanol–water partition coefficient (Wildman–Crippen LogP) is 3.93. The topological polar surface area (TPSA) is 54.0 Å². The van der Waals surface area contributed by atoms with Gasteiger partial charge < -0.3 is 10.6 Å². The Balaban J connectivity index is 2.12. The minimum Gasteiger partial charge on any atom is -0.354 e. The summed E-state index contributed by atoms with van der Waals surface area (Å²) in [5.41, 5.74) is 3.10. The van der Waals surface area contributed by atoms with E-state index in [0.29, 0.717) is 10.7 Å². The van der Waals surface area contributed by atoms with E-state index in [2.05, 4.69) is 15.6 Å². The second-order valence-corrected chi connectivity index (χ2v) is 5.50. The van der Waals surface area contributed by atoms with Crippen molar-refractivity contribution >= 4 is 28.9 Å². The molecule has 2 N–H and O–H groups in total. The molecule has 0 saturated carbocycles. The predicted molar refractivity (Wildman–Crippen MR) is 86.3 cm³/mol. The van der Waals surface area contributed by atoms with E-state index in [1.165, 1.54) is 0 Å². The van der Waals surface area contributed by atoms with Crippen molar-refractivity contribution in [3.63, 3.8) is 0 Å². The number of hydrogen-bond acceptors (Lipinski definition) is 3. The number of aromatic nitrogens is 1. The van der Waals surface area contributed by atoms with E-state index in [1.807, 2.05) is 45.0 Å². The Labute approximate surface area is 129 Å². The fourth-order valence-electron chi connectivity index (χ4n) is 1.84. The van der Waals surface area contributed by atoms with Crippen molar-refractivity contribution in [1.82, 2.24) is 10.3 Å². The Morgan fingerprint density at radius 2 is 2.00 bits per heavy atom. The summed E-state index contributed by atoms with van der Waals surface area (Å²) in [6.07, 6.45) is 1.63. The molecule has 1 heterocycles. The van der Waals surface area contributed by atoms with Gasteiger partial charge in [0.15, 0.2) is 0 Å². The van der Waals surface area contributed by atoms with Gasteiger partial charge in [0.1, 0.15) is 5.69 Å². The van der Waals surface area contributed by atoms with Crippen LogP contribution in [0.25, 0.3) is 0 Å². The van der Waals surface area contributed by atoms with E-state index in [1.54, 1.807) is 12.3 Å². The Morgan fingerprint density at radius 3 is 2.62 bits per heavy atom. The van der Waals surface area contributed by atoms with Gasteiger partial charge in [0.05, 0.1) is 11.9 Å². The van der Waals surface area contributed by atoms with Crippen LogP contribution in [0, 0.1) is 6.92 Å². The third-order valence-electron chi connectivity index (χ3n) is 2.96. The SMILES string of the molecule is Cc1c(Cl)cccc1Nc1ccc(C(=O)NC(C)C)nc1. The van der Waals surface area contributed by atoms with Crippen molar-refractivity contribution in [3.05, 3.63) is 52.8 Å². The minimum atomic E-state index is -0.171. The standard InChI is InChI=1S/C16H18ClN3O/c1-10(2)19-16(21)15-8-7-12(9-18-15)20-14-6-4-5-13(17)11(14)3/h4-10,20H,1-3H3,(H,19,21). The molecular weight excluding hydrogens is 286 g/mol. The average Bonchev–Trinajstić information content (AvgIpc) is 2.44. The number of anilines is 2. The summed E-state index contributed by atoms with van der Waals surface area (Å²) in [6.45, 7) is 5.77. The molecule has 21 heavy (non-hydrogen) atoms. The number of pyridine rings is 1. The molecule has 1 aromatic heterocycles. The van der Waals surface area contributed by atoms with E-state index in [-0.39, 0.29) is 11.9 Å². The van der Waals surface area contributed by atoms with Crippen molar-refractivity contribution in [2.24, 2.45) is 0 Å². The second-order valence-electron chi connectivity index (χ2n) is 5.10. The molecule has 1 aromatic carbocycles. The number of carbonyl (C=O) groups is 1. The van der Waals surface area contributed by atoms with Gasteiger partial charge in [-0.25, -0.2) is 4.98 Å².